The lowest BCUT2D eigenvalue weighted by atomic mass is 10.1. The zero-order valence-corrected chi connectivity index (χ0v) is 11.5. The summed E-state index contributed by atoms with van der Waals surface area (Å²) in [5, 5.41) is 18.8. The summed E-state index contributed by atoms with van der Waals surface area (Å²) in [4.78, 5) is 22.2. The van der Waals surface area contributed by atoms with Gasteiger partial charge >= 0.3 is 0 Å². The molecule has 0 bridgehead atoms. The van der Waals surface area contributed by atoms with Crippen LogP contribution in [0.3, 0.4) is 0 Å². The number of hydrogen-bond acceptors (Lipinski definition) is 5. The van der Waals surface area contributed by atoms with Crippen LogP contribution in [0.15, 0.2) is 35.1 Å². The highest BCUT2D eigenvalue weighted by atomic mass is 35.5. The van der Waals surface area contributed by atoms with E-state index in [0.717, 1.165) is 0 Å². The molecule has 2 amide bonds. The maximum atomic E-state index is 12.0. The first-order valence-corrected chi connectivity index (χ1v) is 6.39. The van der Waals surface area contributed by atoms with E-state index >= 15 is 0 Å². The Labute approximate surface area is 124 Å². The number of halogens is 1. The number of carbonyl (C=O) groups excluding carboxylic acids is 2. The Hall–Kier alpha value is -2.54. The molecular formula is C13H11ClN3O4-. The summed E-state index contributed by atoms with van der Waals surface area (Å²) in [6.45, 7) is 0.134. The van der Waals surface area contributed by atoms with Crippen LogP contribution >= 0.6 is 11.6 Å². The summed E-state index contributed by atoms with van der Waals surface area (Å²) in [6.07, 6.45) is -0.0716. The van der Waals surface area contributed by atoms with Gasteiger partial charge in [-0.2, -0.15) is 0 Å². The molecule has 0 aliphatic heterocycles. The molecule has 0 radical (unpaired) electrons. The van der Waals surface area contributed by atoms with Crippen molar-refractivity contribution in [1.29, 1.82) is 0 Å². The molecule has 0 unspecified atom stereocenters. The normalized spacial score (nSPS) is 10.1. The third-order valence-electron chi connectivity index (χ3n) is 2.63. The largest absolute Gasteiger partial charge is 0.530 e. The molecule has 1 aromatic carbocycles. The van der Waals surface area contributed by atoms with E-state index in [0.29, 0.717) is 16.1 Å². The molecular weight excluding hydrogens is 298 g/mol. The van der Waals surface area contributed by atoms with Crippen molar-refractivity contribution < 1.29 is 19.2 Å². The Balaban J connectivity index is 2.08. The number of hydrogen-bond donors (Lipinski definition) is 2. The Bertz CT molecular complexity index is 656. The van der Waals surface area contributed by atoms with Gasteiger partial charge in [-0.3, -0.25) is 4.79 Å². The number of rotatable bonds is 5. The van der Waals surface area contributed by atoms with Crippen molar-refractivity contribution in [2.75, 3.05) is 13.1 Å². The zero-order valence-electron chi connectivity index (χ0n) is 10.8. The van der Waals surface area contributed by atoms with Gasteiger partial charge in [0.2, 0.25) is 0 Å². The lowest BCUT2D eigenvalue weighted by molar-refractivity contribution is -0.250. The molecule has 7 nitrogen and oxygen atoms in total. The van der Waals surface area contributed by atoms with E-state index in [1.807, 2.05) is 5.32 Å². The molecule has 1 aromatic heterocycles. The van der Waals surface area contributed by atoms with Crippen LogP contribution in [-0.2, 0) is 0 Å². The van der Waals surface area contributed by atoms with Crippen molar-refractivity contribution in [1.82, 2.24) is 15.8 Å². The molecule has 110 valence electrons. The maximum absolute atomic E-state index is 12.0. The summed E-state index contributed by atoms with van der Waals surface area (Å²) in [6, 6.07) is 6.98. The third-order valence-corrected chi connectivity index (χ3v) is 2.96. The van der Waals surface area contributed by atoms with E-state index in [1.54, 1.807) is 24.3 Å². The molecule has 0 saturated carbocycles. The molecule has 0 spiro atoms. The second kappa shape index (κ2) is 6.76. The van der Waals surface area contributed by atoms with Gasteiger partial charge in [-0.15, -0.1) is 0 Å². The van der Waals surface area contributed by atoms with Gasteiger partial charge in [-0.25, -0.2) is 0 Å². The molecule has 0 fully saturated rings. The Kier molecular flexibility index (Phi) is 4.78. The molecule has 0 aliphatic carbocycles. The molecule has 2 aromatic rings. The van der Waals surface area contributed by atoms with Crippen LogP contribution in [0.25, 0.3) is 11.1 Å². The number of aromatic nitrogens is 1. The monoisotopic (exact) mass is 308 g/mol. The maximum Gasteiger partial charge on any atom is 0.274 e. The highest BCUT2D eigenvalue weighted by molar-refractivity contribution is 6.33. The number of nitrogens with zero attached hydrogens (tertiary/aromatic N) is 1. The highest BCUT2D eigenvalue weighted by Crippen LogP contribution is 2.29. The van der Waals surface area contributed by atoms with Crippen LogP contribution in [0.2, 0.25) is 5.02 Å². The van der Waals surface area contributed by atoms with Gasteiger partial charge < -0.3 is 25.1 Å². The van der Waals surface area contributed by atoms with Gasteiger partial charge in [0.25, 0.3) is 5.91 Å². The van der Waals surface area contributed by atoms with Crippen LogP contribution < -0.4 is 15.7 Å². The van der Waals surface area contributed by atoms with E-state index in [9.17, 15) is 14.7 Å². The molecule has 0 saturated heterocycles. The van der Waals surface area contributed by atoms with E-state index in [4.69, 9.17) is 16.1 Å². The molecule has 0 aliphatic rings. The quantitative estimate of drug-likeness (QED) is 0.789. The van der Waals surface area contributed by atoms with Gasteiger partial charge in [-0.05, 0) is 6.07 Å². The minimum absolute atomic E-state index is 0.0351. The fourth-order valence-electron chi connectivity index (χ4n) is 1.70. The summed E-state index contributed by atoms with van der Waals surface area (Å²) in [5.41, 5.74) is 1.17. The second-order valence-corrected chi connectivity index (χ2v) is 4.43. The first-order chi connectivity index (χ1) is 10.1. The minimum atomic E-state index is -1.40. The predicted molar refractivity (Wildman–Crippen MR) is 72.7 cm³/mol. The van der Waals surface area contributed by atoms with E-state index in [1.165, 1.54) is 6.26 Å². The lowest BCUT2D eigenvalue weighted by Crippen LogP contribution is -2.41. The summed E-state index contributed by atoms with van der Waals surface area (Å²) >= 11 is 6.07. The molecule has 2 N–H and O–H groups in total. The number of amides is 2. The van der Waals surface area contributed by atoms with Gasteiger partial charge in [-0.1, -0.05) is 35.0 Å². The van der Waals surface area contributed by atoms with Crippen LogP contribution in [0, 0.1) is 0 Å². The van der Waals surface area contributed by atoms with Crippen molar-refractivity contribution in [3.8, 4) is 11.1 Å². The van der Waals surface area contributed by atoms with Gasteiger partial charge in [0.15, 0.2) is 5.69 Å². The number of benzene rings is 1. The minimum Gasteiger partial charge on any atom is -0.530 e. The predicted octanol–water partition coefficient (Wildman–Crippen LogP) is 0.658. The van der Waals surface area contributed by atoms with Crippen molar-refractivity contribution in [3.63, 3.8) is 0 Å². The Morgan fingerprint density at radius 2 is 1.90 bits per heavy atom. The third kappa shape index (κ3) is 3.73. The summed E-state index contributed by atoms with van der Waals surface area (Å²) in [7, 11) is 0. The van der Waals surface area contributed by atoms with E-state index in [2.05, 4.69) is 10.5 Å². The van der Waals surface area contributed by atoms with Crippen molar-refractivity contribution in [2.45, 2.75) is 0 Å². The van der Waals surface area contributed by atoms with Crippen LogP contribution in [0.1, 0.15) is 10.5 Å². The van der Waals surface area contributed by atoms with Crippen molar-refractivity contribution >= 4 is 23.6 Å². The van der Waals surface area contributed by atoms with Gasteiger partial charge in [0, 0.05) is 23.7 Å². The zero-order chi connectivity index (χ0) is 15.2. The summed E-state index contributed by atoms with van der Waals surface area (Å²) < 4.78 is 4.83. The average Bonchev–Trinajstić information content (AvgIpc) is 2.93. The molecule has 2 rings (SSSR count). The average molecular weight is 309 g/mol. The van der Waals surface area contributed by atoms with Crippen molar-refractivity contribution in [2.24, 2.45) is 0 Å². The molecule has 21 heavy (non-hydrogen) atoms. The SMILES string of the molecule is O=C([O-])NCCNC(=O)c1nocc1-c1ccccc1Cl. The van der Waals surface area contributed by atoms with E-state index < -0.39 is 12.0 Å². The second-order valence-electron chi connectivity index (χ2n) is 4.03. The highest BCUT2D eigenvalue weighted by Gasteiger charge is 2.18. The first kappa shape index (κ1) is 14.9. The number of carboxylic acid groups (broad SMARTS) is 1. The van der Waals surface area contributed by atoms with Crippen LogP contribution in [0.4, 0.5) is 4.79 Å². The smallest absolute Gasteiger partial charge is 0.274 e. The number of nitrogens with one attached hydrogen (secondary N) is 2. The topological polar surface area (TPSA) is 107 Å². The van der Waals surface area contributed by atoms with Crippen LogP contribution in [-0.4, -0.2) is 30.2 Å². The van der Waals surface area contributed by atoms with Crippen molar-refractivity contribution in [3.05, 3.63) is 41.2 Å². The Morgan fingerprint density at radius 3 is 2.62 bits per heavy atom. The standard InChI is InChI=1S/C13H12ClN3O4/c14-10-4-2-1-3-8(10)9-7-21-17-11(9)12(18)15-5-6-16-13(19)20/h1-4,7,16H,5-6H2,(H,15,18)(H,19,20)/p-1. The molecule has 8 heteroatoms. The fraction of sp³-hybridized carbons (Fsp3) is 0.154. The fourth-order valence-corrected chi connectivity index (χ4v) is 1.93. The van der Waals surface area contributed by atoms with Gasteiger partial charge in [0.1, 0.15) is 12.4 Å². The Morgan fingerprint density at radius 1 is 1.19 bits per heavy atom. The van der Waals surface area contributed by atoms with Gasteiger partial charge in [0.05, 0.1) is 5.56 Å². The summed E-state index contributed by atoms with van der Waals surface area (Å²) in [5.74, 6) is -0.487. The molecule has 0 atom stereocenters. The van der Waals surface area contributed by atoms with Crippen LogP contribution in [0.5, 0.6) is 0 Å². The first-order valence-electron chi connectivity index (χ1n) is 6.02. The lowest BCUT2D eigenvalue weighted by Gasteiger charge is -2.07. The molecule has 1 heterocycles. The number of carbonyl (C=O) groups is 2. The van der Waals surface area contributed by atoms with E-state index in [-0.39, 0.29) is 18.8 Å².